The zero-order valence-electron chi connectivity index (χ0n) is 17.1. The number of hydrazone groups is 1. The highest BCUT2D eigenvalue weighted by Crippen LogP contribution is 2.37. The number of nitrogens with zero attached hydrogens (tertiary/aromatic N) is 2. The summed E-state index contributed by atoms with van der Waals surface area (Å²) in [5.74, 6) is -0.321. The minimum absolute atomic E-state index is 0.166. The van der Waals surface area contributed by atoms with Gasteiger partial charge in [0, 0.05) is 21.5 Å². The lowest BCUT2D eigenvalue weighted by Crippen LogP contribution is -2.26. The maximum Gasteiger partial charge on any atom is 0.268 e. The van der Waals surface area contributed by atoms with Gasteiger partial charge in [-0.3, -0.25) is 5.41 Å². The van der Waals surface area contributed by atoms with Gasteiger partial charge < -0.3 is 5.73 Å². The molecule has 0 saturated heterocycles. The Labute approximate surface area is 190 Å². The fourth-order valence-corrected chi connectivity index (χ4v) is 5.29. The molecular formula is C23H20ClN5O2S. The molecule has 3 aromatic carbocycles. The Morgan fingerprint density at radius 2 is 1.62 bits per heavy atom. The van der Waals surface area contributed by atoms with Crippen LogP contribution in [0, 0.1) is 5.41 Å². The molecule has 0 unspecified atom stereocenters. The zero-order valence-corrected chi connectivity index (χ0v) is 18.7. The number of nitrogens with one attached hydrogen (secondary N) is 2. The number of hydrogen-bond acceptors (Lipinski definition) is 4. The van der Waals surface area contributed by atoms with Crippen LogP contribution in [0.1, 0.15) is 12.5 Å². The molecule has 32 heavy (non-hydrogen) atoms. The number of fused-ring (bicyclic) bond motifs is 1. The third-order valence-electron chi connectivity index (χ3n) is 4.94. The van der Waals surface area contributed by atoms with E-state index in [9.17, 15) is 8.42 Å². The lowest BCUT2D eigenvalue weighted by Gasteiger charge is -2.14. The van der Waals surface area contributed by atoms with Crippen molar-refractivity contribution in [3.63, 3.8) is 0 Å². The van der Waals surface area contributed by atoms with Crippen molar-refractivity contribution in [2.45, 2.75) is 11.8 Å². The fraction of sp³-hybridized carbons (Fsp3) is 0.0435. The molecule has 9 heteroatoms. The summed E-state index contributed by atoms with van der Waals surface area (Å²) in [6.07, 6.45) is 0. The molecule has 4 N–H and O–H groups in total. The predicted octanol–water partition coefficient (Wildman–Crippen LogP) is 4.41. The Balaban J connectivity index is 2.14. The van der Waals surface area contributed by atoms with Gasteiger partial charge in [-0.05, 0) is 37.3 Å². The van der Waals surface area contributed by atoms with Gasteiger partial charge >= 0.3 is 0 Å². The maximum atomic E-state index is 13.8. The topological polar surface area (TPSA) is 113 Å². The minimum atomic E-state index is -3.96. The highest BCUT2D eigenvalue weighted by Gasteiger charge is 2.28. The third-order valence-corrected chi connectivity index (χ3v) is 6.92. The summed E-state index contributed by atoms with van der Waals surface area (Å²) in [7, 11) is -3.96. The Kier molecular flexibility index (Phi) is 5.73. The van der Waals surface area contributed by atoms with E-state index < -0.39 is 10.0 Å². The Hall–Kier alpha value is -3.62. The molecule has 0 aliphatic heterocycles. The molecule has 0 aliphatic rings. The molecule has 162 valence electrons. The molecule has 4 aromatic rings. The smallest absolute Gasteiger partial charge is 0.268 e. The van der Waals surface area contributed by atoms with Crippen LogP contribution in [0.5, 0.6) is 0 Å². The summed E-state index contributed by atoms with van der Waals surface area (Å²) >= 11 is 6.09. The van der Waals surface area contributed by atoms with Gasteiger partial charge in [0.1, 0.15) is 0 Å². The Bertz CT molecular complexity index is 1440. The average Bonchev–Trinajstić information content (AvgIpc) is 3.14. The van der Waals surface area contributed by atoms with Gasteiger partial charge in [0.05, 0.1) is 21.8 Å². The second-order valence-electron chi connectivity index (χ2n) is 7.05. The van der Waals surface area contributed by atoms with Crippen molar-refractivity contribution in [2.75, 3.05) is 0 Å². The zero-order chi connectivity index (χ0) is 22.9. The standard InChI is InChI=1S/C23H20ClN5O2S/c1-15(27-28-23(25)26)21-19-9-5-6-10-20(19)29(22(21)16-11-13-17(24)14-12-16)32(30,31)18-7-3-2-4-8-18/h2-14H,1H3,(H4,25,26,28)/b27-15-. The van der Waals surface area contributed by atoms with Crippen LogP contribution >= 0.6 is 11.6 Å². The molecule has 0 radical (unpaired) electrons. The Morgan fingerprint density at radius 1 is 1.00 bits per heavy atom. The van der Waals surface area contributed by atoms with Gasteiger partial charge in [0.25, 0.3) is 10.0 Å². The summed E-state index contributed by atoms with van der Waals surface area (Å²) < 4.78 is 29.0. The van der Waals surface area contributed by atoms with Crippen LogP contribution < -0.4 is 11.2 Å². The largest absolute Gasteiger partial charge is 0.369 e. The van der Waals surface area contributed by atoms with E-state index in [1.165, 1.54) is 3.97 Å². The summed E-state index contributed by atoms with van der Waals surface area (Å²) in [4.78, 5) is 0.166. The quantitative estimate of drug-likeness (QED) is 0.230. The molecule has 0 atom stereocenters. The first kappa shape index (κ1) is 21.6. The first-order valence-electron chi connectivity index (χ1n) is 9.65. The molecule has 0 amide bonds. The van der Waals surface area contributed by atoms with Crippen molar-refractivity contribution < 1.29 is 8.42 Å². The van der Waals surface area contributed by atoms with Crippen molar-refractivity contribution in [1.82, 2.24) is 9.40 Å². The summed E-state index contributed by atoms with van der Waals surface area (Å²) in [6.45, 7) is 1.73. The number of guanidine groups is 1. The number of nitrogens with two attached hydrogens (primary N) is 1. The van der Waals surface area contributed by atoms with E-state index >= 15 is 0 Å². The summed E-state index contributed by atoms with van der Waals surface area (Å²) in [5, 5.41) is 12.8. The lowest BCUT2D eigenvalue weighted by atomic mass is 10.0. The molecule has 0 saturated carbocycles. The number of benzene rings is 3. The molecular weight excluding hydrogens is 446 g/mol. The van der Waals surface area contributed by atoms with Crippen LogP contribution in [0.15, 0.2) is 88.9 Å². The van der Waals surface area contributed by atoms with Gasteiger partial charge in [-0.2, -0.15) is 5.10 Å². The second kappa shape index (κ2) is 8.49. The molecule has 0 bridgehead atoms. The monoisotopic (exact) mass is 465 g/mol. The van der Waals surface area contributed by atoms with Crippen LogP contribution in [0.4, 0.5) is 0 Å². The number of halogens is 1. The third kappa shape index (κ3) is 3.86. The van der Waals surface area contributed by atoms with Crippen molar-refractivity contribution >= 4 is 44.2 Å². The SMILES string of the molecule is C/C(=N/NC(=N)N)c1c(-c2ccc(Cl)cc2)n(S(=O)(=O)c2ccccc2)c2ccccc12. The van der Waals surface area contributed by atoms with Crippen LogP contribution in [0.25, 0.3) is 22.2 Å². The maximum absolute atomic E-state index is 13.8. The first-order chi connectivity index (χ1) is 15.3. The number of aromatic nitrogens is 1. The molecule has 1 heterocycles. The van der Waals surface area contributed by atoms with E-state index in [0.717, 1.165) is 0 Å². The van der Waals surface area contributed by atoms with E-state index in [2.05, 4.69) is 10.5 Å². The fourth-order valence-electron chi connectivity index (χ4n) is 3.59. The second-order valence-corrected chi connectivity index (χ2v) is 9.28. The van der Waals surface area contributed by atoms with Gasteiger partial charge in [0.15, 0.2) is 0 Å². The average molecular weight is 466 g/mol. The van der Waals surface area contributed by atoms with Gasteiger partial charge in [-0.25, -0.2) is 17.8 Å². The molecule has 4 rings (SSSR count). The number of para-hydroxylation sites is 1. The first-order valence-corrected chi connectivity index (χ1v) is 11.5. The van der Waals surface area contributed by atoms with Crippen LogP contribution in [0.3, 0.4) is 0 Å². The highest BCUT2D eigenvalue weighted by molar-refractivity contribution is 7.90. The molecule has 1 aromatic heterocycles. The van der Waals surface area contributed by atoms with E-state index in [4.69, 9.17) is 22.7 Å². The van der Waals surface area contributed by atoms with Gasteiger partial charge in [-0.15, -0.1) is 0 Å². The molecule has 0 aliphatic carbocycles. The minimum Gasteiger partial charge on any atom is -0.369 e. The van der Waals surface area contributed by atoms with Gasteiger partial charge in [-0.1, -0.05) is 60.1 Å². The van der Waals surface area contributed by atoms with E-state index in [1.54, 1.807) is 73.7 Å². The molecule has 7 nitrogen and oxygen atoms in total. The van der Waals surface area contributed by atoms with Crippen molar-refractivity contribution in [3.8, 4) is 11.3 Å². The Morgan fingerprint density at radius 3 is 2.28 bits per heavy atom. The highest BCUT2D eigenvalue weighted by atomic mass is 35.5. The van der Waals surface area contributed by atoms with E-state index in [0.29, 0.717) is 38.5 Å². The lowest BCUT2D eigenvalue weighted by molar-refractivity contribution is 0.589. The summed E-state index contributed by atoms with van der Waals surface area (Å²) in [5.41, 5.74) is 10.5. The van der Waals surface area contributed by atoms with Crippen LogP contribution in [-0.2, 0) is 10.0 Å². The van der Waals surface area contributed by atoms with Crippen LogP contribution in [0.2, 0.25) is 5.02 Å². The van der Waals surface area contributed by atoms with Crippen LogP contribution in [-0.4, -0.2) is 24.1 Å². The number of hydrogen-bond donors (Lipinski definition) is 3. The van der Waals surface area contributed by atoms with Crippen molar-refractivity contribution in [1.29, 1.82) is 5.41 Å². The number of rotatable bonds is 5. The molecule has 0 fully saturated rings. The van der Waals surface area contributed by atoms with Crippen molar-refractivity contribution in [3.05, 3.63) is 89.4 Å². The van der Waals surface area contributed by atoms with E-state index in [-0.39, 0.29) is 10.9 Å². The molecule has 0 spiro atoms. The van der Waals surface area contributed by atoms with E-state index in [1.807, 2.05) is 12.1 Å². The normalized spacial score (nSPS) is 12.1. The summed E-state index contributed by atoms with van der Waals surface area (Å²) in [6, 6.07) is 22.4. The van der Waals surface area contributed by atoms with Gasteiger partial charge in [0.2, 0.25) is 5.96 Å². The van der Waals surface area contributed by atoms with Crippen molar-refractivity contribution in [2.24, 2.45) is 10.8 Å². The predicted molar refractivity (Wildman–Crippen MR) is 129 cm³/mol.